The summed E-state index contributed by atoms with van der Waals surface area (Å²) in [5.74, 6) is -1.00. The van der Waals surface area contributed by atoms with Crippen LogP contribution in [0.1, 0.15) is 63.5 Å². The number of carbonyl (C=O) groups excluding carboxylic acids is 2. The summed E-state index contributed by atoms with van der Waals surface area (Å²) < 4.78 is 33.3. The van der Waals surface area contributed by atoms with Crippen LogP contribution >= 0.6 is 0 Å². The van der Waals surface area contributed by atoms with E-state index in [1.165, 1.54) is 24.3 Å². The van der Waals surface area contributed by atoms with Crippen molar-refractivity contribution in [3.05, 3.63) is 65.2 Å². The van der Waals surface area contributed by atoms with E-state index in [2.05, 4.69) is 0 Å². The van der Waals surface area contributed by atoms with Gasteiger partial charge in [-0.1, -0.05) is 18.2 Å². The number of likely N-dealkylation sites (tertiary alicyclic amines) is 1. The molecule has 5 nitrogen and oxygen atoms in total. The van der Waals surface area contributed by atoms with Crippen molar-refractivity contribution in [2.24, 2.45) is 5.92 Å². The van der Waals surface area contributed by atoms with Crippen molar-refractivity contribution in [3.8, 4) is 0 Å². The van der Waals surface area contributed by atoms with Crippen molar-refractivity contribution < 1.29 is 23.1 Å². The van der Waals surface area contributed by atoms with Crippen molar-refractivity contribution in [2.75, 3.05) is 24.5 Å². The van der Waals surface area contributed by atoms with E-state index < -0.39 is 11.4 Å². The quantitative estimate of drug-likeness (QED) is 0.552. The zero-order valence-electron chi connectivity index (χ0n) is 20.0. The van der Waals surface area contributed by atoms with Crippen LogP contribution in [0, 0.1) is 17.6 Å². The normalized spacial score (nSPS) is 19.4. The molecule has 2 aromatic rings. The third-order valence-corrected chi connectivity index (χ3v) is 6.57. The molecule has 2 aromatic carbocycles. The van der Waals surface area contributed by atoms with Gasteiger partial charge in [0.1, 0.15) is 17.2 Å². The Morgan fingerprint density at radius 3 is 2.21 bits per heavy atom. The summed E-state index contributed by atoms with van der Waals surface area (Å²) in [5.41, 5.74) is 1.86. The Morgan fingerprint density at radius 2 is 1.56 bits per heavy atom. The molecule has 0 spiro atoms. The number of hydrogen-bond acceptors (Lipinski definition) is 3. The molecule has 1 unspecified atom stereocenters. The van der Waals surface area contributed by atoms with Gasteiger partial charge in [-0.15, -0.1) is 0 Å². The van der Waals surface area contributed by atoms with Crippen LogP contribution in [-0.2, 0) is 9.53 Å². The second-order valence-corrected chi connectivity index (χ2v) is 10.2. The standard InChI is InChI=1S/C27H32F2N2O3/c1-27(2,3)34-26(33)30-15-12-19(13-16-30)25(32)31-14-4-5-22(18-6-8-20(28)9-7-18)23-11-10-21(29)17-24(23)31/h6-11,17,19,22H,4-5,12-16H2,1-3H3. The zero-order valence-corrected chi connectivity index (χ0v) is 20.0. The minimum atomic E-state index is -0.565. The minimum absolute atomic E-state index is 0.0320. The van der Waals surface area contributed by atoms with E-state index >= 15 is 0 Å². The second-order valence-electron chi connectivity index (χ2n) is 10.2. The van der Waals surface area contributed by atoms with Gasteiger partial charge in [0.05, 0.1) is 5.69 Å². The van der Waals surface area contributed by atoms with Crippen LogP contribution in [0.5, 0.6) is 0 Å². The van der Waals surface area contributed by atoms with Crippen molar-refractivity contribution in [1.29, 1.82) is 0 Å². The van der Waals surface area contributed by atoms with Gasteiger partial charge in [0.2, 0.25) is 5.91 Å². The smallest absolute Gasteiger partial charge is 0.410 e. The molecule has 0 aliphatic carbocycles. The highest BCUT2D eigenvalue weighted by molar-refractivity contribution is 5.96. The van der Waals surface area contributed by atoms with Gasteiger partial charge < -0.3 is 14.5 Å². The van der Waals surface area contributed by atoms with E-state index in [1.807, 2.05) is 20.8 Å². The number of benzene rings is 2. The average molecular weight is 471 g/mol. The molecule has 182 valence electrons. The summed E-state index contributed by atoms with van der Waals surface area (Å²) >= 11 is 0. The molecule has 2 heterocycles. The van der Waals surface area contributed by atoms with Crippen LogP contribution in [0.4, 0.5) is 19.3 Å². The molecular formula is C27H32F2N2O3. The Balaban J connectivity index is 1.53. The van der Waals surface area contributed by atoms with Crippen molar-refractivity contribution in [2.45, 2.75) is 58.0 Å². The van der Waals surface area contributed by atoms with Gasteiger partial charge in [-0.05, 0) is 81.8 Å². The van der Waals surface area contributed by atoms with Gasteiger partial charge in [-0.3, -0.25) is 4.79 Å². The van der Waals surface area contributed by atoms with Crippen LogP contribution in [0.15, 0.2) is 42.5 Å². The zero-order chi connectivity index (χ0) is 24.5. The molecule has 1 atom stereocenters. The number of halogens is 2. The fourth-order valence-electron chi connectivity index (χ4n) is 4.90. The number of nitrogens with zero attached hydrogens (tertiary/aromatic N) is 2. The van der Waals surface area contributed by atoms with Gasteiger partial charge in [0.15, 0.2) is 0 Å². The lowest BCUT2D eigenvalue weighted by atomic mass is 9.87. The summed E-state index contributed by atoms with van der Waals surface area (Å²) in [5, 5.41) is 0. The van der Waals surface area contributed by atoms with Gasteiger partial charge >= 0.3 is 6.09 Å². The lowest BCUT2D eigenvalue weighted by Crippen LogP contribution is -2.46. The highest BCUT2D eigenvalue weighted by Crippen LogP contribution is 2.40. The summed E-state index contributed by atoms with van der Waals surface area (Å²) in [6.07, 6.45) is 2.26. The number of rotatable bonds is 2. The third-order valence-electron chi connectivity index (χ3n) is 6.57. The molecular weight excluding hydrogens is 438 g/mol. The molecule has 7 heteroatoms. The SMILES string of the molecule is CC(C)(C)OC(=O)N1CCC(C(=O)N2CCCC(c3ccc(F)cc3)c3ccc(F)cc32)CC1. The van der Waals surface area contributed by atoms with Gasteiger partial charge in [-0.25, -0.2) is 13.6 Å². The van der Waals surface area contributed by atoms with Crippen molar-refractivity contribution in [1.82, 2.24) is 4.90 Å². The fourth-order valence-corrected chi connectivity index (χ4v) is 4.90. The molecule has 0 aromatic heterocycles. The van der Waals surface area contributed by atoms with Gasteiger partial charge in [-0.2, -0.15) is 0 Å². The molecule has 2 aliphatic rings. The number of anilines is 1. The van der Waals surface area contributed by atoms with E-state index in [9.17, 15) is 18.4 Å². The first-order chi connectivity index (χ1) is 16.1. The Hall–Kier alpha value is -2.96. The topological polar surface area (TPSA) is 49.9 Å². The minimum Gasteiger partial charge on any atom is -0.444 e. The molecule has 2 amide bonds. The molecule has 2 aliphatic heterocycles. The van der Waals surface area contributed by atoms with Gasteiger partial charge in [0.25, 0.3) is 0 Å². The van der Waals surface area contributed by atoms with E-state index in [0.29, 0.717) is 38.2 Å². The van der Waals surface area contributed by atoms with E-state index in [0.717, 1.165) is 24.0 Å². The predicted molar refractivity (Wildman–Crippen MR) is 127 cm³/mol. The summed E-state index contributed by atoms with van der Waals surface area (Å²) in [7, 11) is 0. The second kappa shape index (κ2) is 9.72. The number of fused-ring (bicyclic) bond motifs is 1. The molecule has 1 saturated heterocycles. The van der Waals surface area contributed by atoms with E-state index in [1.54, 1.807) is 28.0 Å². The van der Waals surface area contributed by atoms with Crippen molar-refractivity contribution in [3.63, 3.8) is 0 Å². The number of hydrogen-bond donors (Lipinski definition) is 0. The maximum atomic E-state index is 14.3. The molecule has 0 saturated carbocycles. The monoisotopic (exact) mass is 470 g/mol. The van der Waals surface area contributed by atoms with Crippen LogP contribution in [-0.4, -0.2) is 42.1 Å². The Kier molecular flexibility index (Phi) is 6.91. The number of piperidine rings is 1. The molecule has 0 bridgehead atoms. The predicted octanol–water partition coefficient (Wildman–Crippen LogP) is 5.87. The summed E-state index contributed by atoms with van der Waals surface area (Å²) in [6, 6.07) is 11.0. The summed E-state index contributed by atoms with van der Waals surface area (Å²) in [6.45, 7) is 6.89. The van der Waals surface area contributed by atoms with E-state index in [4.69, 9.17) is 4.74 Å². The number of ether oxygens (including phenoxy) is 1. The Bertz CT molecular complexity index is 1040. The molecule has 1 fully saturated rings. The third kappa shape index (κ3) is 5.40. The van der Waals surface area contributed by atoms with Crippen LogP contribution in [0.3, 0.4) is 0 Å². The molecule has 0 radical (unpaired) electrons. The highest BCUT2D eigenvalue weighted by atomic mass is 19.1. The average Bonchev–Trinajstić information content (AvgIpc) is 2.97. The lowest BCUT2D eigenvalue weighted by Gasteiger charge is -2.35. The molecule has 0 N–H and O–H groups in total. The largest absolute Gasteiger partial charge is 0.444 e. The maximum Gasteiger partial charge on any atom is 0.410 e. The van der Waals surface area contributed by atoms with Crippen molar-refractivity contribution >= 4 is 17.7 Å². The first-order valence-corrected chi connectivity index (χ1v) is 12.0. The molecule has 4 rings (SSSR count). The Morgan fingerprint density at radius 1 is 0.912 bits per heavy atom. The molecule has 34 heavy (non-hydrogen) atoms. The number of amides is 2. The first-order valence-electron chi connectivity index (χ1n) is 12.0. The first kappa shape index (κ1) is 24.2. The van der Waals surface area contributed by atoms with E-state index in [-0.39, 0.29) is 29.7 Å². The fraction of sp³-hybridized carbons (Fsp3) is 0.481. The van der Waals surface area contributed by atoms with Crippen LogP contribution < -0.4 is 4.90 Å². The lowest BCUT2D eigenvalue weighted by molar-refractivity contribution is -0.123. The van der Waals surface area contributed by atoms with Gasteiger partial charge in [0, 0.05) is 31.5 Å². The Labute approximate surface area is 199 Å². The van der Waals surface area contributed by atoms with Crippen LogP contribution in [0.2, 0.25) is 0 Å². The number of carbonyl (C=O) groups is 2. The van der Waals surface area contributed by atoms with Crippen LogP contribution in [0.25, 0.3) is 0 Å². The summed E-state index contributed by atoms with van der Waals surface area (Å²) in [4.78, 5) is 29.3. The maximum absolute atomic E-state index is 14.3. The highest BCUT2D eigenvalue weighted by Gasteiger charge is 2.35.